The Balaban J connectivity index is 1.32. The fraction of sp³-hybridized carbons (Fsp3) is 0.172. The fourth-order valence-corrected chi connectivity index (χ4v) is 4.97. The lowest BCUT2D eigenvalue weighted by atomic mass is 9.99. The van der Waals surface area contributed by atoms with E-state index in [1.54, 1.807) is 29.5 Å². The van der Waals surface area contributed by atoms with Gasteiger partial charge in [0.1, 0.15) is 6.04 Å². The molecule has 4 aromatic rings. The Morgan fingerprint density at radius 2 is 1.69 bits per heavy atom. The minimum Gasteiger partial charge on any atom is -0.397 e. The van der Waals surface area contributed by atoms with E-state index in [0.717, 1.165) is 46.8 Å². The van der Waals surface area contributed by atoms with Gasteiger partial charge in [-0.25, -0.2) is 0 Å². The summed E-state index contributed by atoms with van der Waals surface area (Å²) in [5.74, 6) is -0.324. The molecule has 1 aliphatic heterocycles. The number of hydrogen-bond acceptors (Lipinski definition) is 5. The molecule has 182 valence electrons. The van der Waals surface area contributed by atoms with E-state index in [9.17, 15) is 9.59 Å². The highest BCUT2D eigenvalue weighted by Crippen LogP contribution is 2.31. The van der Waals surface area contributed by atoms with Crippen molar-refractivity contribution in [1.82, 2.24) is 4.90 Å². The molecule has 0 spiro atoms. The molecule has 2 heterocycles. The van der Waals surface area contributed by atoms with Gasteiger partial charge in [0, 0.05) is 29.2 Å². The molecule has 1 saturated heterocycles. The molecule has 5 rings (SSSR count). The van der Waals surface area contributed by atoms with Gasteiger partial charge >= 0.3 is 0 Å². The van der Waals surface area contributed by atoms with Crippen LogP contribution in [0.4, 0.5) is 17.1 Å². The summed E-state index contributed by atoms with van der Waals surface area (Å²) in [6.07, 6.45) is 1.07. The average molecular weight is 497 g/mol. The lowest BCUT2D eigenvalue weighted by molar-refractivity contribution is -0.123. The number of likely N-dealkylation sites (tertiary alicyclic amines) is 1. The standard InChI is InChI=1S/C29H28N4O2S/c1-19-5-12-23(13-6-19)31-29(35)27(33-15-3-16-33)20-7-9-21(10-8-20)28(34)32-25-18-22(11-14-24(25)30)26-4-2-17-36-26/h2,4-14,17-18,27H,3,15-16,30H2,1H3,(H,31,35)(H,32,34). The Morgan fingerprint density at radius 3 is 2.33 bits per heavy atom. The zero-order valence-corrected chi connectivity index (χ0v) is 20.8. The second-order valence-corrected chi connectivity index (χ2v) is 9.95. The summed E-state index contributed by atoms with van der Waals surface area (Å²) >= 11 is 1.63. The molecule has 0 bridgehead atoms. The zero-order chi connectivity index (χ0) is 25.1. The van der Waals surface area contributed by atoms with Crippen LogP contribution < -0.4 is 16.4 Å². The van der Waals surface area contributed by atoms with Gasteiger partial charge in [-0.15, -0.1) is 11.3 Å². The molecular formula is C29H28N4O2S. The van der Waals surface area contributed by atoms with Crippen LogP contribution in [-0.4, -0.2) is 29.8 Å². The highest BCUT2D eigenvalue weighted by molar-refractivity contribution is 7.13. The van der Waals surface area contributed by atoms with E-state index >= 15 is 0 Å². The predicted molar refractivity (Wildman–Crippen MR) is 147 cm³/mol. The highest BCUT2D eigenvalue weighted by atomic mass is 32.1. The molecule has 1 aromatic heterocycles. The van der Waals surface area contributed by atoms with Gasteiger partial charge in [-0.3, -0.25) is 14.5 Å². The van der Waals surface area contributed by atoms with E-state index in [1.165, 1.54) is 0 Å². The number of nitrogen functional groups attached to an aromatic ring is 1. The predicted octanol–water partition coefficient (Wildman–Crippen LogP) is 5.94. The maximum atomic E-state index is 13.2. The van der Waals surface area contributed by atoms with Crippen LogP contribution in [0.1, 0.15) is 33.9 Å². The first-order chi connectivity index (χ1) is 17.5. The van der Waals surface area contributed by atoms with Crippen molar-refractivity contribution in [2.45, 2.75) is 19.4 Å². The zero-order valence-electron chi connectivity index (χ0n) is 20.0. The van der Waals surface area contributed by atoms with Gasteiger partial charge in [-0.05, 0) is 72.3 Å². The topological polar surface area (TPSA) is 87.5 Å². The van der Waals surface area contributed by atoms with Crippen LogP contribution in [-0.2, 0) is 4.79 Å². The number of nitrogens with two attached hydrogens (primary N) is 1. The number of benzene rings is 3. The molecule has 1 unspecified atom stereocenters. The number of rotatable bonds is 7. The van der Waals surface area contributed by atoms with Crippen LogP contribution in [0.15, 0.2) is 84.2 Å². The Labute approximate surface area is 214 Å². The number of thiophene rings is 1. The van der Waals surface area contributed by atoms with Crippen LogP contribution in [0, 0.1) is 6.92 Å². The maximum absolute atomic E-state index is 13.2. The smallest absolute Gasteiger partial charge is 0.255 e. The van der Waals surface area contributed by atoms with Gasteiger partial charge in [-0.2, -0.15) is 0 Å². The molecule has 1 fully saturated rings. The van der Waals surface area contributed by atoms with Crippen molar-refractivity contribution < 1.29 is 9.59 Å². The largest absolute Gasteiger partial charge is 0.397 e. The van der Waals surface area contributed by atoms with E-state index in [0.29, 0.717) is 16.9 Å². The molecule has 3 aromatic carbocycles. The number of carbonyl (C=O) groups excluding carboxylic acids is 2. The number of anilines is 3. The summed E-state index contributed by atoms with van der Waals surface area (Å²) in [6.45, 7) is 3.75. The van der Waals surface area contributed by atoms with E-state index in [-0.39, 0.29) is 11.8 Å². The first-order valence-electron chi connectivity index (χ1n) is 11.9. The van der Waals surface area contributed by atoms with Crippen molar-refractivity contribution in [2.75, 3.05) is 29.5 Å². The fourth-order valence-electron chi connectivity index (χ4n) is 4.25. The van der Waals surface area contributed by atoms with Crippen molar-refractivity contribution in [3.05, 3.63) is 101 Å². The van der Waals surface area contributed by atoms with Crippen molar-refractivity contribution in [1.29, 1.82) is 0 Å². The highest BCUT2D eigenvalue weighted by Gasteiger charge is 2.31. The molecule has 1 atom stereocenters. The molecule has 4 N–H and O–H groups in total. The SMILES string of the molecule is Cc1ccc(NC(=O)C(c2ccc(C(=O)Nc3cc(-c4cccs4)ccc3N)cc2)N2CCC2)cc1. The van der Waals surface area contributed by atoms with Gasteiger partial charge in [0.2, 0.25) is 5.91 Å². The quantitative estimate of drug-likeness (QED) is 0.276. The summed E-state index contributed by atoms with van der Waals surface area (Å²) in [5, 5.41) is 7.98. The Bertz CT molecular complexity index is 1360. The first-order valence-corrected chi connectivity index (χ1v) is 12.8. The summed E-state index contributed by atoms with van der Waals surface area (Å²) in [6, 6.07) is 24.3. The average Bonchev–Trinajstić information content (AvgIpc) is 3.39. The Hall–Kier alpha value is -3.94. The lowest BCUT2D eigenvalue weighted by Crippen LogP contribution is -2.45. The molecule has 7 heteroatoms. The van der Waals surface area contributed by atoms with Crippen molar-refractivity contribution in [2.24, 2.45) is 0 Å². The Kier molecular flexibility index (Phi) is 6.84. The van der Waals surface area contributed by atoms with E-state index < -0.39 is 6.04 Å². The first kappa shape index (κ1) is 23.8. The third-order valence-electron chi connectivity index (χ3n) is 6.42. The minimum atomic E-state index is -0.407. The van der Waals surface area contributed by atoms with Gasteiger partial charge in [0.15, 0.2) is 0 Å². The summed E-state index contributed by atoms with van der Waals surface area (Å²) < 4.78 is 0. The second kappa shape index (κ2) is 10.4. The molecule has 1 aliphatic rings. The summed E-state index contributed by atoms with van der Waals surface area (Å²) in [7, 11) is 0. The Morgan fingerprint density at radius 1 is 0.944 bits per heavy atom. The van der Waals surface area contributed by atoms with Crippen LogP contribution in [0.2, 0.25) is 0 Å². The molecule has 0 saturated carbocycles. The third kappa shape index (κ3) is 5.17. The van der Waals surface area contributed by atoms with Crippen LogP contribution in [0.5, 0.6) is 0 Å². The van der Waals surface area contributed by atoms with Crippen molar-refractivity contribution in [3.8, 4) is 10.4 Å². The van der Waals surface area contributed by atoms with Gasteiger partial charge < -0.3 is 16.4 Å². The minimum absolute atomic E-state index is 0.0751. The van der Waals surface area contributed by atoms with Crippen LogP contribution in [0.3, 0.4) is 0 Å². The number of nitrogens with one attached hydrogen (secondary N) is 2. The second-order valence-electron chi connectivity index (χ2n) is 9.00. The van der Waals surface area contributed by atoms with Crippen LogP contribution >= 0.6 is 11.3 Å². The number of hydrogen-bond donors (Lipinski definition) is 3. The van der Waals surface area contributed by atoms with Gasteiger partial charge in [0.05, 0.1) is 11.4 Å². The normalized spacial score (nSPS) is 14.0. The maximum Gasteiger partial charge on any atom is 0.255 e. The molecular weight excluding hydrogens is 468 g/mol. The van der Waals surface area contributed by atoms with E-state index in [1.807, 2.05) is 73.0 Å². The summed E-state index contributed by atoms with van der Waals surface area (Å²) in [4.78, 5) is 29.5. The lowest BCUT2D eigenvalue weighted by Gasteiger charge is -2.37. The van der Waals surface area contributed by atoms with Gasteiger partial charge in [-0.1, -0.05) is 42.0 Å². The summed E-state index contributed by atoms with van der Waals surface area (Å²) in [5.41, 5.74) is 11.5. The van der Waals surface area contributed by atoms with Crippen molar-refractivity contribution >= 4 is 40.2 Å². The number of nitrogens with zero attached hydrogens (tertiary/aromatic N) is 1. The van der Waals surface area contributed by atoms with E-state index in [4.69, 9.17) is 5.73 Å². The van der Waals surface area contributed by atoms with E-state index in [2.05, 4.69) is 15.5 Å². The monoisotopic (exact) mass is 496 g/mol. The third-order valence-corrected chi connectivity index (χ3v) is 7.34. The van der Waals surface area contributed by atoms with Gasteiger partial charge in [0.25, 0.3) is 5.91 Å². The molecule has 36 heavy (non-hydrogen) atoms. The number of amides is 2. The molecule has 6 nitrogen and oxygen atoms in total. The molecule has 0 aliphatic carbocycles. The number of carbonyl (C=O) groups is 2. The molecule has 2 amide bonds. The van der Waals surface area contributed by atoms with Crippen LogP contribution in [0.25, 0.3) is 10.4 Å². The number of aryl methyl sites for hydroxylation is 1. The molecule has 0 radical (unpaired) electrons. The van der Waals surface area contributed by atoms with Crippen molar-refractivity contribution in [3.63, 3.8) is 0 Å².